The second-order valence-corrected chi connectivity index (χ2v) is 9.29. The average molecular weight is 526 g/mol. The molecule has 3 N–H and O–H groups in total. The van der Waals surface area contributed by atoms with Gasteiger partial charge >= 0.3 is 0 Å². The van der Waals surface area contributed by atoms with Gasteiger partial charge in [-0.25, -0.2) is 0 Å². The van der Waals surface area contributed by atoms with Gasteiger partial charge in [-0.05, 0) is 79.4 Å². The summed E-state index contributed by atoms with van der Waals surface area (Å²) in [5.74, 6) is 0.672. The molecule has 0 spiro atoms. The van der Waals surface area contributed by atoms with E-state index in [9.17, 15) is 9.59 Å². The predicted octanol–water partition coefficient (Wildman–Crippen LogP) is 5.79. The van der Waals surface area contributed by atoms with Gasteiger partial charge in [-0.3, -0.25) is 9.59 Å². The van der Waals surface area contributed by atoms with Crippen molar-refractivity contribution < 1.29 is 19.1 Å². The zero-order chi connectivity index (χ0) is 27.6. The van der Waals surface area contributed by atoms with Crippen LogP contribution in [0.1, 0.15) is 46.9 Å². The number of ether oxygens (including phenoxy) is 2. The number of aromatic nitrogens is 1. The lowest BCUT2D eigenvalue weighted by atomic mass is 10.1. The molecule has 3 aromatic carbocycles. The Labute approximate surface area is 229 Å². The van der Waals surface area contributed by atoms with Crippen LogP contribution in [0.4, 0.5) is 0 Å². The topological polar surface area (TPSA) is 92.4 Å². The number of rotatable bonds is 12. The Morgan fingerprint density at radius 3 is 2.38 bits per heavy atom. The van der Waals surface area contributed by atoms with Crippen LogP contribution in [0.5, 0.6) is 11.5 Å². The summed E-state index contributed by atoms with van der Waals surface area (Å²) >= 11 is 0. The fraction of sp³-hybridized carbons (Fsp3) is 0.250. The van der Waals surface area contributed by atoms with Gasteiger partial charge in [0.1, 0.15) is 17.2 Å². The minimum absolute atomic E-state index is 0.157. The molecule has 0 saturated heterocycles. The molecule has 0 radical (unpaired) electrons. The van der Waals surface area contributed by atoms with E-state index in [1.807, 2.05) is 37.3 Å². The molecule has 7 heteroatoms. The molecule has 0 bridgehead atoms. The van der Waals surface area contributed by atoms with Crippen LogP contribution >= 0.6 is 0 Å². The number of fused-ring (bicyclic) bond motifs is 1. The van der Waals surface area contributed by atoms with E-state index in [-0.39, 0.29) is 17.5 Å². The molecule has 1 heterocycles. The van der Waals surface area contributed by atoms with Crippen molar-refractivity contribution in [2.75, 3.05) is 20.3 Å². The second-order valence-electron chi connectivity index (χ2n) is 9.29. The quantitative estimate of drug-likeness (QED) is 0.161. The summed E-state index contributed by atoms with van der Waals surface area (Å²) in [5, 5.41) is 6.92. The van der Waals surface area contributed by atoms with Crippen molar-refractivity contribution in [2.45, 2.75) is 33.1 Å². The number of aromatic amines is 1. The highest BCUT2D eigenvalue weighted by Gasteiger charge is 2.16. The Morgan fingerprint density at radius 2 is 1.67 bits per heavy atom. The zero-order valence-corrected chi connectivity index (χ0v) is 22.7. The van der Waals surface area contributed by atoms with E-state index in [1.54, 1.807) is 49.6 Å². The smallest absolute Gasteiger partial charge is 0.267 e. The number of hydrogen-bond donors (Lipinski definition) is 3. The standard InChI is InChI=1S/C32H35N3O4/c1-4-5-20-39-26-16-12-24(13-17-26)31(36)35-30(21-23-10-14-25(38-3)15-11-23)32(37)33-19-18-27-22(2)34-29-9-7-6-8-28(27)29/h6-17,21,34H,4-5,18-20H2,1-3H3,(H,33,37)(H,35,36). The van der Waals surface area contributed by atoms with Gasteiger partial charge in [-0.2, -0.15) is 0 Å². The third kappa shape index (κ3) is 7.29. The van der Waals surface area contributed by atoms with Crippen molar-refractivity contribution in [1.82, 2.24) is 15.6 Å². The molecule has 0 fully saturated rings. The van der Waals surface area contributed by atoms with Crippen LogP contribution in [0, 0.1) is 6.92 Å². The first kappa shape index (κ1) is 27.5. The van der Waals surface area contributed by atoms with E-state index >= 15 is 0 Å². The lowest BCUT2D eigenvalue weighted by Crippen LogP contribution is -2.35. The Bertz CT molecular complexity index is 1440. The number of aryl methyl sites for hydroxylation is 1. The number of carbonyl (C=O) groups excluding carboxylic acids is 2. The van der Waals surface area contributed by atoms with Crippen molar-refractivity contribution in [1.29, 1.82) is 0 Å². The molecule has 0 aliphatic rings. The largest absolute Gasteiger partial charge is 0.497 e. The summed E-state index contributed by atoms with van der Waals surface area (Å²) in [5.41, 5.74) is 4.66. The van der Waals surface area contributed by atoms with Crippen LogP contribution in [0.15, 0.2) is 78.5 Å². The molecule has 4 aromatic rings. The van der Waals surface area contributed by atoms with Gasteiger partial charge in [0.05, 0.1) is 13.7 Å². The molecule has 4 rings (SSSR count). The van der Waals surface area contributed by atoms with Crippen LogP contribution in [0.25, 0.3) is 17.0 Å². The summed E-state index contributed by atoms with van der Waals surface area (Å²) in [7, 11) is 1.60. The number of unbranched alkanes of at least 4 members (excludes halogenated alkanes) is 1. The maximum absolute atomic E-state index is 13.3. The van der Waals surface area contributed by atoms with E-state index in [4.69, 9.17) is 9.47 Å². The summed E-state index contributed by atoms with van der Waals surface area (Å²) in [6, 6.07) is 22.3. The second kappa shape index (κ2) is 13.3. The van der Waals surface area contributed by atoms with Crippen LogP contribution in [0.2, 0.25) is 0 Å². The van der Waals surface area contributed by atoms with Crippen molar-refractivity contribution in [3.05, 3.63) is 101 Å². The maximum atomic E-state index is 13.3. The number of amides is 2. The normalized spacial score (nSPS) is 11.3. The third-order valence-corrected chi connectivity index (χ3v) is 6.49. The molecule has 1 aromatic heterocycles. The van der Waals surface area contributed by atoms with Crippen molar-refractivity contribution in [2.24, 2.45) is 0 Å². The first-order valence-corrected chi connectivity index (χ1v) is 13.2. The summed E-state index contributed by atoms with van der Waals surface area (Å²) in [4.78, 5) is 29.7. The molecule has 7 nitrogen and oxygen atoms in total. The number of benzene rings is 3. The molecule has 39 heavy (non-hydrogen) atoms. The minimum Gasteiger partial charge on any atom is -0.497 e. The number of methoxy groups -OCH3 is 1. The number of H-pyrrole nitrogens is 1. The van der Waals surface area contributed by atoms with Crippen molar-refractivity contribution in [3.8, 4) is 11.5 Å². The number of hydrogen-bond acceptors (Lipinski definition) is 4. The first-order chi connectivity index (χ1) is 19.0. The molecular formula is C32H35N3O4. The number of nitrogens with one attached hydrogen (secondary N) is 3. The average Bonchev–Trinajstić information content (AvgIpc) is 3.28. The minimum atomic E-state index is -0.377. The third-order valence-electron chi connectivity index (χ3n) is 6.49. The fourth-order valence-corrected chi connectivity index (χ4v) is 4.31. The Balaban J connectivity index is 1.47. The van der Waals surface area contributed by atoms with E-state index in [0.29, 0.717) is 36.6 Å². The fourth-order valence-electron chi connectivity index (χ4n) is 4.31. The van der Waals surface area contributed by atoms with Gasteiger partial charge in [-0.15, -0.1) is 0 Å². The van der Waals surface area contributed by atoms with Gasteiger partial charge in [0, 0.05) is 28.7 Å². The van der Waals surface area contributed by atoms with Crippen LogP contribution in [-0.2, 0) is 11.2 Å². The Hall–Kier alpha value is -4.52. The van der Waals surface area contributed by atoms with Crippen LogP contribution in [-0.4, -0.2) is 37.1 Å². The summed E-state index contributed by atoms with van der Waals surface area (Å²) in [6.07, 6.45) is 4.33. The lowest BCUT2D eigenvalue weighted by molar-refractivity contribution is -0.117. The molecule has 0 saturated carbocycles. The van der Waals surface area contributed by atoms with Crippen LogP contribution < -0.4 is 20.1 Å². The number of carbonyl (C=O) groups is 2. The highest BCUT2D eigenvalue weighted by molar-refractivity contribution is 6.05. The van der Waals surface area contributed by atoms with E-state index in [1.165, 1.54) is 0 Å². The van der Waals surface area contributed by atoms with Crippen molar-refractivity contribution >= 4 is 28.8 Å². The first-order valence-electron chi connectivity index (χ1n) is 13.2. The zero-order valence-electron chi connectivity index (χ0n) is 22.7. The molecule has 202 valence electrons. The van der Waals surface area contributed by atoms with E-state index in [0.717, 1.165) is 40.6 Å². The number of para-hydroxylation sites is 1. The molecule has 0 aliphatic heterocycles. The Kier molecular flexibility index (Phi) is 9.40. The maximum Gasteiger partial charge on any atom is 0.267 e. The molecular weight excluding hydrogens is 490 g/mol. The van der Waals surface area contributed by atoms with E-state index in [2.05, 4.69) is 28.6 Å². The van der Waals surface area contributed by atoms with Gasteiger partial charge in [0.2, 0.25) is 0 Å². The summed E-state index contributed by atoms with van der Waals surface area (Å²) in [6.45, 7) is 5.19. The van der Waals surface area contributed by atoms with Crippen LogP contribution in [0.3, 0.4) is 0 Å². The Morgan fingerprint density at radius 1 is 0.949 bits per heavy atom. The van der Waals surface area contributed by atoms with Gasteiger partial charge in [0.15, 0.2) is 0 Å². The van der Waals surface area contributed by atoms with Gasteiger partial charge in [-0.1, -0.05) is 43.7 Å². The molecule has 0 atom stereocenters. The monoisotopic (exact) mass is 525 g/mol. The molecule has 2 amide bonds. The predicted molar refractivity (Wildman–Crippen MR) is 155 cm³/mol. The van der Waals surface area contributed by atoms with Crippen molar-refractivity contribution in [3.63, 3.8) is 0 Å². The molecule has 0 aliphatic carbocycles. The highest BCUT2D eigenvalue weighted by Crippen LogP contribution is 2.22. The van der Waals surface area contributed by atoms with E-state index < -0.39 is 0 Å². The highest BCUT2D eigenvalue weighted by atomic mass is 16.5. The summed E-state index contributed by atoms with van der Waals surface area (Å²) < 4.78 is 10.9. The SMILES string of the molecule is CCCCOc1ccc(C(=O)NC(=Cc2ccc(OC)cc2)C(=O)NCCc2c(C)[nH]c3ccccc23)cc1. The van der Waals surface area contributed by atoms with Gasteiger partial charge < -0.3 is 25.1 Å². The molecule has 0 unspecified atom stereocenters. The van der Waals surface area contributed by atoms with Gasteiger partial charge in [0.25, 0.3) is 11.8 Å². The lowest BCUT2D eigenvalue weighted by Gasteiger charge is -2.12.